The first-order chi connectivity index (χ1) is 10.2. The van der Waals surface area contributed by atoms with Gasteiger partial charge >= 0.3 is 5.97 Å². The summed E-state index contributed by atoms with van der Waals surface area (Å²) in [4.78, 5) is 25.4. The fourth-order valence-electron chi connectivity index (χ4n) is 3.15. The number of carbonyl (C=O) groups is 2. The zero-order chi connectivity index (χ0) is 16.5. The number of likely N-dealkylation sites (tertiary alicyclic amines) is 1. The number of hydrogen-bond donors (Lipinski definition) is 1. The van der Waals surface area contributed by atoms with Gasteiger partial charge in [-0.1, -0.05) is 0 Å². The van der Waals surface area contributed by atoms with Crippen LogP contribution in [0, 0.1) is 11.3 Å². The van der Waals surface area contributed by atoms with E-state index >= 15 is 0 Å². The van der Waals surface area contributed by atoms with E-state index in [1.165, 1.54) is 4.31 Å². The van der Waals surface area contributed by atoms with Gasteiger partial charge < -0.3 is 10.0 Å². The third-order valence-corrected chi connectivity index (χ3v) is 6.74. The molecule has 1 atom stereocenters. The van der Waals surface area contributed by atoms with Crippen LogP contribution in [0.4, 0.5) is 0 Å². The smallest absolute Gasteiger partial charge is 0.311 e. The van der Waals surface area contributed by atoms with Crippen LogP contribution in [0.1, 0.15) is 33.1 Å². The molecule has 0 bridgehead atoms. The first-order valence-electron chi connectivity index (χ1n) is 7.69. The standard InChI is InChI=1S/C14H24N2O5S/c1-3-22(20,21)16-7-4-11(5-8-16)12(17)15-9-6-14(2,10-15)13(18)19/h11H,3-10H2,1-2H3,(H,18,19). The van der Waals surface area contributed by atoms with Crippen LogP contribution in [-0.2, 0) is 19.6 Å². The summed E-state index contributed by atoms with van der Waals surface area (Å²) in [5.74, 6) is -1.01. The number of rotatable bonds is 4. The molecule has 7 nitrogen and oxygen atoms in total. The molecule has 0 saturated carbocycles. The number of piperidine rings is 1. The van der Waals surface area contributed by atoms with Gasteiger partial charge in [0, 0.05) is 32.1 Å². The third kappa shape index (κ3) is 3.27. The number of hydrogen-bond acceptors (Lipinski definition) is 4. The van der Waals surface area contributed by atoms with Crippen LogP contribution in [0.15, 0.2) is 0 Å². The van der Waals surface area contributed by atoms with Crippen molar-refractivity contribution in [3.05, 3.63) is 0 Å². The van der Waals surface area contributed by atoms with Gasteiger partial charge in [-0.3, -0.25) is 9.59 Å². The Morgan fingerprint density at radius 2 is 1.82 bits per heavy atom. The van der Waals surface area contributed by atoms with Crippen LogP contribution in [0.3, 0.4) is 0 Å². The van der Waals surface area contributed by atoms with E-state index in [2.05, 4.69) is 0 Å². The maximum absolute atomic E-state index is 12.5. The molecule has 1 unspecified atom stereocenters. The SMILES string of the molecule is CCS(=O)(=O)N1CCC(C(=O)N2CCC(C)(C(=O)O)C2)CC1. The van der Waals surface area contributed by atoms with E-state index in [1.54, 1.807) is 18.7 Å². The van der Waals surface area contributed by atoms with Crippen LogP contribution in [0.25, 0.3) is 0 Å². The van der Waals surface area contributed by atoms with Gasteiger partial charge in [0.2, 0.25) is 15.9 Å². The lowest BCUT2D eigenvalue weighted by Gasteiger charge is -2.32. The van der Waals surface area contributed by atoms with Crippen molar-refractivity contribution in [2.75, 3.05) is 31.9 Å². The lowest BCUT2D eigenvalue weighted by molar-refractivity contribution is -0.147. The van der Waals surface area contributed by atoms with Crippen LogP contribution in [0.2, 0.25) is 0 Å². The van der Waals surface area contributed by atoms with Crippen molar-refractivity contribution in [3.8, 4) is 0 Å². The Hall–Kier alpha value is -1.15. The van der Waals surface area contributed by atoms with Crippen LogP contribution < -0.4 is 0 Å². The molecule has 2 fully saturated rings. The summed E-state index contributed by atoms with van der Waals surface area (Å²) in [6.45, 7) is 4.74. The number of carbonyl (C=O) groups excluding carboxylic acids is 1. The molecule has 0 spiro atoms. The lowest BCUT2D eigenvalue weighted by Crippen LogP contribution is -2.45. The predicted octanol–water partition coefficient (Wildman–Crippen LogP) is 0.371. The Labute approximate surface area is 131 Å². The normalized spacial score (nSPS) is 28.0. The molecule has 1 amide bonds. The lowest BCUT2D eigenvalue weighted by atomic mass is 9.90. The summed E-state index contributed by atoms with van der Waals surface area (Å²) in [5.41, 5.74) is -0.859. The van der Waals surface area contributed by atoms with Crippen LogP contribution >= 0.6 is 0 Å². The minimum atomic E-state index is -3.19. The van der Waals surface area contributed by atoms with E-state index in [0.29, 0.717) is 38.9 Å². The fraction of sp³-hybridized carbons (Fsp3) is 0.857. The molecule has 22 heavy (non-hydrogen) atoms. The average Bonchev–Trinajstić information content (AvgIpc) is 2.90. The molecule has 0 aliphatic carbocycles. The second-order valence-corrected chi connectivity index (χ2v) is 8.71. The monoisotopic (exact) mass is 332 g/mol. The molecular weight excluding hydrogens is 308 g/mol. The van der Waals surface area contributed by atoms with Crippen LogP contribution in [0.5, 0.6) is 0 Å². The predicted molar refractivity (Wildman–Crippen MR) is 80.7 cm³/mol. The van der Waals surface area contributed by atoms with Gasteiger partial charge in [0.15, 0.2) is 0 Å². The van der Waals surface area contributed by atoms with E-state index in [1.807, 2.05) is 0 Å². The molecule has 2 aliphatic rings. The maximum Gasteiger partial charge on any atom is 0.311 e. The number of carboxylic acids is 1. The van der Waals surface area contributed by atoms with Crippen molar-refractivity contribution in [1.82, 2.24) is 9.21 Å². The van der Waals surface area contributed by atoms with E-state index in [9.17, 15) is 23.1 Å². The molecular formula is C14H24N2O5S. The number of sulfonamides is 1. The molecule has 0 radical (unpaired) electrons. The Morgan fingerprint density at radius 1 is 1.23 bits per heavy atom. The highest BCUT2D eigenvalue weighted by atomic mass is 32.2. The minimum Gasteiger partial charge on any atom is -0.481 e. The van der Waals surface area contributed by atoms with Gasteiger partial charge in [0.1, 0.15) is 0 Å². The van der Waals surface area contributed by atoms with Gasteiger partial charge in [-0.25, -0.2) is 12.7 Å². The van der Waals surface area contributed by atoms with Gasteiger partial charge in [-0.05, 0) is 33.1 Å². The minimum absolute atomic E-state index is 0.0291. The van der Waals surface area contributed by atoms with Gasteiger partial charge in [-0.15, -0.1) is 0 Å². The first kappa shape index (κ1) is 17.2. The maximum atomic E-state index is 12.5. The summed E-state index contributed by atoms with van der Waals surface area (Å²) < 4.78 is 25.1. The summed E-state index contributed by atoms with van der Waals surface area (Å²) in [6, 6.07) is 0. The number of amides is 1. The molecule has 8 heteroatoms. The Balaban J connectivity index is 1.93. The van der Waals surface area contributed by atoms with Crippen molar-refractivity contribution in [2.45, 2.75) is 33.1 Å². The van der Waals surface area contributed by atoms with E-state index < -0.39 is 21.4 Å². The zero-order valence-electron chi connectivity index (χ0n) is 13.1. The van der Waals surface area contributed by atoms with E-state index in [4.69, 9.17) is 0 Å². The summed E-state index contributed by atoms with van der Waals surface area (Å²) in [5, 5.41) is 9.22. The summed E-state index contributed by atoms with van der Waals surface area (Å²) >= 11 is 0. The van der Waals surface area contributed by atoms with Crippen molar-refractivity contribution in [2.24, 2.45) is 11.3 Å². The molecule has 2 saturated heterocycles. The van der Waals surface area contributed by atoms with Gasteiger partial charge in [-0.2, -0.15) is 0 Å². The number of carboxylic acid groups (broad SMARTS) is 1. The van der Waals surface area contributed by atoms with E-state index in [-0.39, 0.29) is 24.1 Å². The molecule has 2 heterocycles. The van der Waals surface area contributed by atoms with Crippen molar-refractivity contribution < 1.29 is 23.1 Å². The topological polar surface area (TPSA) is 95.0 Å². The molecule has 2 aliphatic heterocycles. The largest absolute Gasteiger partial charge is 0.481 e. The second kappa shape index (κ2) is 6.16. The molecule has 1 N–H and O–H groups in total. The van der Waals surface area contributed by atoms with Crippen molar-refractivity contribution >= 4 is 21.9 Å². The third-order valence-electron chi connectivity index (χ3n) is 4.86. The number of aliphatic carboxylic acids is 1. The average molecular weight is 332 g/mol. The summed E-state index contributed by atoms with van der Waals surface area (Å²) in [7, 11) is -3.19. The molecule has 0 aromatic carbocycles. The Morgan fingerprint density at radius 3 is 2.27 bits per heavy atom. The molecule has 0 aromatic heterocycles. The van der Waals surface area contributed by atoms with Crippen molar-refractivity contribution in [3.63, 3.8) is 0 Å². The van der Waals surface area contributed by atoms with Crippen LogP contribution in [-0.4, -0.2) is 66.5 Å². The molecule has 2 rings (SSSR count). The molecule has 126 valence electrons. The fourth-order valence-corrected chi connectivity index (χ4v) is 4.28. The highest BCUT2D eigenvalue weighted by Crippen LogP contribution is 2.32. The zero-order valence-corrected chi connectivity index (χ0v) is 13.9. The van der Waals surface area contributed by atoms with Crippen molar-refractivity contribution in [1.29, 1.82) is 0 Å². The van der Waals surface area contributed by atoms with E-state index in [0.717, 1.165) is 0 Å². The quantitative estimate of drug-likeness (QED) is 0.802. The highest BCUT2D eigenvalue weighted by Gasteiger charge is 2.43. The number of nitrogens with zero attached hydrogens (tertiary/aromatic N) is 2. The molecule has 0 aromatic rings. The first-order valence-corrected chi connectivity index (χ1v) is 9.30. The Kier molecular flexibility index (Phi) is 4.81. The van der Waals surface area contributed by atoms with Gasteiger partial charge in [0.05, 0.1) is 11.2 Å². The van der Waals surface area contributed by atoms with Gasteiger partial charge in [0.25, 0.3) is 0 Å². The Bertz CT molecular complexity index is 554. The summed E-state index contributed by atoms with van der Waals surface area (Å²) in [6.07, 6.45) is 1.49. The second-order valence-electron chi connectivity index (χ2n) is 6.45. The highest BCUT2D eigenvalue weighted by molar-refractivity contribution is 7.89.